The molecule has 3 heterocycles. The smallest absolute Gasteiger partial charge is 0.260 e. The van der Waals surface area contributed by atoms with Crippen LogP contribution in [0.5, 0.6) is 0 Å². The minimum atomic E-state index is -3.59. The number of sulfonamides is 1. The molecule has 0 aliphatic carbocycles. The van der Waals surface area contributed by atoms with Crippen LogP contribution in [-0.4, -0.2) is 41.7 Å². The Morgan fingerprint density at radius 3 is 2.51 bits per heavy atom. The molecule has 1 amide bonds. The van der Waals surface area contributed by atoms with Crippen molar-refractivity contribution in [2.75, 3.05) is 18.0 Å². The van der Waals surface area contributed by atoms with E-state index in [-0.39, 0.29) is 10.8 Å². The van der Waals surface area contributed by atoms with Crippen LogP contribution >= 0.6 is 11.3 Å². The Bertz CT molecular complexity index is 1530. The molecule has 0 spiro atoms. The van der Waals surface area contributed by atoms with E-state index in [1.807, 2.05) is 32.0 Å². The van der Waals surface area contributed by atoms with Gasteiger partial charge in [-0.3, -0.25) is 14.7 Å². The van der Waals surface area contributed by atoms with Crippen molar-refractivity contribution in [2.24, 2.45) is 5.92 Å². The lowest BCUT2D eigenvalue weighted by Gasteiger charge is -2.29. The van der Waals surface area contributed by atoms with E-state index in [0.29, 0.717) is 36.2 Å². The molecule has 192 valence electrons. The number of thiazole rings is 1. The lowest BCUT2D eigenvalue weighted by molar-refractivity contribution is 0.0985. The minimum Gasteiger partial charge on any atom is -0.279 e. The van der Waals surface area contributed by atoms with Gasteiger partial charge in [0.25, 0.3) is 5.91 Å². The van der Waals surface area contributed by atoms with E-state index >= 15 is 0 Å². The Morgan fingerprint density at radius 2 is 1.84 bits per heavy atom. The molecule has 0 N–H and O–H groups in total. The standard InChI is InChI=1S/C28H30N4O3S2/c1-19-10-13-31(14-11-19)37(34,35)24-8-6-23(7-9-24)27(33)32(18-22-5-4-12-29-17-22)28-30-25-16-20(2)15-21(3)26(25)36-28/h4-9,12,15-17,19H,10-11,13-14,18H2,1-3H3. The Labute approximate surface area is 221 Å². The summed E-state index contributed by atoms with van der Waals surface area (Å²) in [7, 11) is -3.59. The van der Waals surface area contributed by atoms with Crippen LogP contribution in [0.2, 0.25) is 0 Å². The fourth-order valence-electron chi connectivity index (χ4n) is 4.68. The number of anilines is 1. The molecule has 0 atom stereocenters. The molecule has 0 radical (unpaired) electrons. The second-order valence-corrected chi connectivity index (χ2v) is 12.7. The van der Waals surface area contributed by atoms with Gasteiger partial charge < -0.3 is 0 Å². The number of carbonyl (C=O) groups excluding carboxylic acids is 1. The number of aryl methyl sites for hydroxylation is 2. The molecule has 1 aliphatic rings. The highest BCUT2D eigenvalue weighted by Crippen LogP contribution is 2.34. The lowest BCUT2D eigenvalue weighted by Crippen LogP contribution is -2.37. The predicted molar refractivity (Wildman–Crippen MR) is 147 cm³/mol. The molecular formula is C28H30N4O3S2. The van der Waals surface area contributed by atoms with Crippen molar-refractivity contribution in [3.63, 3.8) is 0 Å². The SMILES string of the molecule is Cc1cc(C)c2sc(N(Cc3cccnc3)C(=O)c3ccc(S(=O)(=O)N4CCC(C)CC4)cc3)nc2c1. The highest BCUT2D eigenvalue weighted by atomic mass is 32.2. The fourth-order valence-corrected chi connectivity index (χ4v) is 7.16. The molecule has 2 aromatic heterocycles. The summed E-state index contributed by atoms with van der Waals surface area (Å²) >= 11 is 1.48. The van der Waals surface area contributed by atoms with Crippen molar-refractivity contribution in [2.45, 2.75) is 45.1 Å². The van der Waals surface area contributed by atoms with Crippen LogP contribution in [0.4, 0.5) is 5.13 Å². The van der Waals surface area contributed by atoms with Gasteiger partial charge >= 0.3 is 0 Å². The number of hydrogen-bond donors (Lipinski definition) is 0. The second-order valence-electron chi connectivity index (χ2n) is 9.79. The highest BCUT2D eigenvalue weighted by Gasteiger charge is 2.29. The van der Waals surface area contributed by atoms with Gasteiger partial charge in [-0.05, 0) is 85.7 Å². The van der Waals surface area contributed by atoms with Crippen LogP contribution in [0.25, 0.3) is 10.2 Å². The summed E-state index contributed by atoms with van der Waals surface area (Å²) in [6, 6.07) is 14.2. The Kier molecular flexibility index (Phi) is 7.11. The van der Waals surface area contributed by atoms with Crippen molar-refractivity contribution in [3.05, 3.63) is 83.2 Å². The van der Waals surface area contributed by atoms with Gasteiger partial charge in [0.1, 0.15) is 0 Å². The number of rotatable bonds is 6. The monoisotopic (exact) mass is 534 g/mol. The first-order chi connectivity index (χ1) is 17.7. The van der Waals surface area contributed by atoms with Gasteiger partial charge in [-0.1, -0.05) is 30.4 Å². The molecule has 1 aliphatic heterocycles. The van der Waals surface area contributed by atoms with Gasteiger partial charge in [-0.2, -0.15) is 4.31 Å². The van der Waals surface area contributed by atoms with E-state index < -0.39 is 10.0 Å². The van der Waals surface area contributed by atoms with Crippen LogP contribution < -0.4 is 4.90 Å². The lowest BCUT2D eigenvalue weighted by atomic mass is 10.0. The summed E-state index contributed by atoms with van der Waals surface area (Å²) in [5.41, 5.74) is 4.38. The molecule has 4 aromatic rings. The molecule has 37 heavy (non-hydrogen) atoms. The molecule has 1 fully saturated rings. The summed E-state index contributed by atoms with van der Waals surface area (Å²) in [5.74, 6) is 0.292. The van der Waals surface area contributed by atoms with Gasteiger partial charge in [0, 0.05) is 31.0 Å². The summed E-state index contributed by atoms with van der Waals surface area (Å²) in [4.78, 5) is 24.6. The molecule has 0 saturated carbocycles. The second kappa shape index (κ2) is 10.3. The Balaban J connectivity index is 1.47. The fraction of sp³-hybridized carbons (Fsp3) is 0.321. The maximum absolute atomic E-state index is 13.8. The summed E-state index contributed by atoms with van der Waals surface area (Å²) in [5, 5.41) is 0.594. The molecular weight excluding hydrogens is 504 g/mol. The van der Waals surface area contributed by atoms with E-state index in [9.17, 15) is 13.2 Å². The first-order valence-electron chi connectivity index (χ1n) is 12.4. The number of nitrogens with zero attached hydrogens (tertiary/aromatic N) is 4. The average molecular weight is 535 g/mol. The van der Waals surface area contributed by atoms with Crippen LogP contribution in [-0.2, 0) is 16.6 Å². The number of pyridine rings is 1. The number of amides is 1. The summed E-state index contributed by atoms with van der Waals surface area (Å²) in [6.07, 6.45) is 5.15. The summed E-state index contributed by atoms with van der Waals surface area (Å²) < 4.78 is 28.9. The van der Waals surface area contributed by atoms with Crippen LogP contribution in [0.1, 0.15) is 46.8 Å². The molecule has 9 heteroatoms. The van der Waals surface area contributed by atoms with Crippen LogP contribution in [0.3, 0.4) is 0 Å². The van der Waals surface area contributed by atoms with Gasteiger partial charge in [-0.25, -0.2) is 13.4 Å². The third-order valence-corrected chi connectivity index (χ3v) is 9.97. The number of hydrogen-bond acceptors (Lipinski definition) is 6. The third-order valence-electron chi connectivity index (χ3n) is 6.83. The van der Waals surface area contributed by atoms with E-state index in [1.165, 1.54) is 23.5 Å². The van der Waals surface area contributed by atoms with Crippen LogP contribution in [0, 0.1) is 19.8 Å². The Morgan fingerprint density at radius 1 is 1.11 bits per heavy atom. The Hall–Kier alpha value is -3.14. The van der Waals surface area contributed by atoms with Crippen molar-refractivity contribution in [1.82, 2.24) is 14.3 Å². The van der Waals surface area contributed by atoms with Crippen molar-refractivity contribution < 1.29 is 13.2 Å². The molecule has 1 saturated heterocycles. The number of fused-ring (bicyclic) bond motifs is 1. The van der Waals surface area contributed by atoms with Crippen molar-refractivity contribution in [3.8, 4) is 0 Å². The third kappa shape index (κ3) is 5.30. The van der Waals surface area contributed by atoms with Gasteiger partial charge in [0.2, 0.25) is 10.0 Å². The zero-order chi connectivity index (χ0) is 26.2. The molecule has 0 unspecified atom stereocenters. The van der Waals surface area contributed by atoms with E-state index in [4.69, 9.17) is 4.98 Å². The van der Waals surface area contributed by atoms with Gasteiger partial charge in [0.15, 0.2) is 5.13 Å². The van der Waals surface area contributed by atoms with Crippen molar-refractivity contribution in [1.29, 1.82) is 0 Å². The van der Waals surface area contributed by atoms with Crippen molar-refractivity contribution >= 4 is 42.6 Å². The molecule has 0 bridgehead atoms. The number of aromatic nitrogens is 2. The first kappa shape index (κ1) is 25.5. The van der Waals surface area contributed by atoms with E-state index in [1.54, 1.807) is 33.7 Å². The minimum absolute atomic E-state index is 0.212. The van der Waals surface area contributed by atoms with E-state index in [0.717, 1.165) is 39.7 Å². The zero-order valence-electron chi connectivity index (χ0n) is 21.2. The van der Waals surface area contributed by atoms with Crippen LogP contribution in [0.15, 0.2) is 65.8 Å². The number of piperidine rings is 1. The predicted octanol–water partition coefficient (Wildman–Crippen LogP) is 5.58. The largest absolute Gasteiger partial charge is 0.279 e. The zero-order valence-corrected chi connectivity index (χ0v) is 22.8. The topological polar surface area (TPSA) is 83.5 Å². The maximum atomic E-state index is 13.8. The van der Waals surface area contributed by atoms with Gasteiger partial charge in [-0.15, -0.1) is 0 Å². The summed E-state index contributed by atoms with van der Waals surface area (Å²) in [6.45, 7) is 7.59. The highest BCUT2D eigenvalue weighted by molar-refractivity contribution is 7.89. The molecule has 5 rings (SSSR count). The number of benzene rings is 2. The quantitative estimate of drug-likeness (QED) is 0.323. The average Bonchev–Trinajstić information content (AvgIpc) is 3.32. The van der Waals surface area contributed by atoms with Gasteiger partial charge in [0.05, 0.1) is 21.7 Å². The molecule has 2 aromatic carbocycles. The number of carbonyl (C=O) groups is 1. The maximum Gasteiger partial charge on any atom is 0.260 e. The molecule has 7 nitrogen and oxygen atoms in total. The van der Waals surface area contributed by atoms with E-state index in [2.05, 4.69) is 18.0 Å². The first-order valence-corrected chi connectivity index (χ1v) is 14.7. The normalized spacial score (nSPS) is 15.2.